The Labute approximate surface area is 184 Å². The third-order valence-electron chi connectivity index (χ3n) is 4.86. The molecular weight excluding hydrogens is 406 g/mol. The standard InChI is InChI=1S/C28H16F2O2/c29-25-15-11-23(12-16-25)27(31)21-7-3-19(4-8-21)1-2-20-5-9-22(10-6-20)28(32)24-13-17-26(30)18-14-24/h3-18H. The molecule has 0 aromatic heterocycles. The Bertz CT molecular complexity index is 1220. The first-order valence-electron chi connectivity index (χ1n) is 9.82. The molecule has 0 radical (unpaired) electrons. The van der Waals surface area contributed by atoms with Gasteiger partial charge in [-0.05, 0) is 97.1 Å². The Hall–Kier alpha value is -4.36. The average molecular weight is 422 g/mol. The third-order valence-corrected chi connectivity index (χ3v) is 4.86. The van der Waals surface area contributed by atoms with Crippen LogP contribution in [-0.4, -0.2) is 11.6 Å². The van der Waals surface area contributed by atoms with E-state index in [4.69, 9.17) is 0 Å². The minimum absolute atomic E-state index is 0.189. The molecule has 0 bridgehead atoms. The highest BCUT2D eigenvalue weighted by atomic mass is 19.1. The second-order valence-electron chi connectivity index (χ2n) is 7.08. The lowest BCUT2D eigenvalue weighted by molar-refractivity contribution is 0.103. The molecule has 4 rings (SSSR count). The van der Waals surface area contributed by atoms with Crippen molar-refractivity contribution in [1.82, 2.24) is 0 Å². The van der Waals surface area contributed by atoms with Crippen LogP contribution in [0.25, 0.3) is 0 Å². The summed E-state index contributed by atoms with van der Waals surface area (Å²) in [4.78, 5) is 24.9. The second-order valence-corrected chi connectivity index (χ2v) is 7.08. The molecule has 2 nitrogen and oxygen atoms in total. The highest BCUT2D eigenvalue weighted by Gasteiger charge is 2.10. The van der Waals surface area contributed by atoms with Crippen LogP contribution in [0.15, 0.2) is 97.1 Å². The van der Waals surface area contributed by atoms with Gasteiger partial charge in [-0.15, -0.1) is 0 Å². The van der Waals surface area contributed by atoms with E-state index in [0.717, 1.165) is 11.1 Å². The minimum Gasteiger partial charge on any atom is -0.289 e. The van der Waals surface area contributed by atoms with Crippen LogP contribution in [0.5, 0.6) is 0 Å². The van der Waals surface area contributed by atoms with E-state index in [1.54, 1.807) is 48.5 Å². The largest absolute Gasteiger partial charge is 0.289 e. The second kappa shape index (κ2) is 9.20. The molecule has 0 amide bonds. The predicted octanol–water partition coefficient (Wildman–Crippen LogP) is 5.83. The van der Waals surface area contributed by atoms with Crippen LogP contribution in [0.3, 0.4) is 0 Å². The van der Waals surface area contributed by atoms with Gasteiger partial charge < -0.3 is 0 Å². The van der Waals surface area contributed by atoms with E-state index in [2.05, 4.69) is 11.8 Å². The van der Waals surface area contributed by atoms with Gasteiger partial charge in [0.05, 0.1) is 0 Å². The van der Waals surface area contributed by atoms with E-state index >= 15 is 0 Å². The Morgan fingerprint density at radius 1 is 0.438 bits per heavy atom. The predicted molar refractivity (Wildman–Crippen MR) is 119 cm³/mol. The molecule has 0 fully saturated rings. The quantitative estimate of drug-likeness (QED) is 0.306. The van der Waals surface area contributed by atoms with E-state index in [1.165, 1.54) is 48.5 Å². The Kier molecular flexibility index (Phi) is 6.00. The van der Waals surface area contributed by atoms with Crippen LogP contribution in [0.4, 0.5) is 8.78 Å². The van der Waals surface area contributed by atoms with E-state index < -0.39 is 0 Å². The fraction of sp³-hybridized carbons (Fsp3) is 0. The van der Waals surface area contributed by atoms with Crippen molar-refractivity contribution in [2.24, 2.45) is 0 Å². The monoisotopic (exact) mass is 422 g/mol. The molecule has 0 spiro atoms. The highest BCUT2D eigenvalue weighted by Crippen LogP contribution is 2.14. The maximum absolute atomic E-state index is 13.0. The van der Waals surface area contributed by atoms with Crippen molar-refractivity contribution >= 4 is 11.6 Å². The number of hydrogen-bond acceptors (Lipinski definition) is 2. The molecule has 0 saturated carbocycles. The summed E-state index contributed by atoms with van der Waals surface area (Å²) < 4.78 is 26.1. The summed E-state index contributed by atoms with van der Waals surface area (Å²) in [5, 5.41) is 0. The number of halogens is 2. The zero-order chi connectivity index (χ0) is 22.5. The highest BCUT2D eigenvalue weighted by molar-refractivity contribution is 6.09. The number of carbonyl (C=O) groups excluding carboxylic acids is 2. The normalized spacial score (nSPS) is 10.2. The average Bonchev–Trinajstić information content (AvgIpc) is 2.83. The van der Waals surface area contributed by atoms with Crippen LogP contribution >= 0.6 is 0 Å². The number of carbonyl (C=O) groups is 2. The van der Waals surface area contributed by atoms with Crippen molar-refractivity contribution < 1.29 is 18.4 Å². The number of hydrogen-bond donors (Lipinski definition) is 0. The van der Waals surface area contributed by atoms with Crippen molar-refractivity contribution in [2.75, 3.05) is 0 Å². The molecule has 0 atom stereocenters. The summed E-state index contributed by atoms with van der Waals surface area (Å²) in [6, 6.07) is 24.5. The molecule has 0 aliphatic rings. The van der Waals surface area contributed by atoms with E-state index in [0.29, 0.717) is 22.3 Å². The first-order valence-corrected chi connectivity index (χ1v) is 9.82. The van der Waals surface area contributed by atoms with Gasteiger partial charge in [-0.1, -0.05) is 11.8 Å². The molecule has 4 aromatic carbocycles. The van der Waals surface area contributed by atoms with Crippen molar-refractivity contribution in [3.63, 3.8) is 0 Å². The number of benzene rings is 4. The van der Waals surface area contributed by atoms with Gasteiger partial charge in [-0.25, -0.2) is 8.78 Å². The Morgan fingerprint density at radius 3 is 0.969 bits per heavy atom. The zero-order valence-electron chi connectivity index (χ0n) is 16.8. The summed E-state index contributed by atoms with van der Waals surface area (Å²) in [5.41, 5.74) is 3.27. The molecule has 4 heteroatoms. The van der Waals surface area contributed by atoms with Gasteiger partial charge in [0.1, 0.15) is 11.6 Å². The Morgan fingerprint density at radius 2 is 0.688 bits per heavy atom. The molecule has 0 unspecified atom stereocenters. The molecule has 0 heterocycles. The van der Waals surface area contributed by atoms with Gasteiger partial charge in [0.2, 0.25) is 0 Å². The summed E-state index contributed by atoms with van der Waals surface area (Å²) in [6.07, 6.45) is 0. The lowest BCUT2D eigenvalue weighted by Gasteiger charge is -2.02. The Balaban J connectivity index is 1.45. The van der Waals surface area contributed by atoms with Crippen LogP contribution in [-0.2, 0) is 0 Å². The SMILES string of the molecule is O=C(c1ccc(F)cc1)c1ccc(C#Cc2ccc(C(=O)c3ccc(F)cc3)cc2)cc1. The van der Waals surface area contributed by atoms with Crippen molar-refractivity contribution in [1.29, 1.82) is 0 Å². The first-order chi connectivity index (χ1) is 15.5. The smallest absolute Gasteiger partial charge is 0.193 e. The lowest BCUT2D eigenvalue weighted by atomic mass is 10.0. The van der Waals surface area contributed by atoms with Crippen molar-refractivity contribution in [2.45, 2.75) is 0 Å². The minimum atomic E-state index is -0.389. The molecule has 0 N–H and O–H groups in total. The van der Waals surface area contributed by atoms with E-state index in [9.17, 15) is 18.4 Å². The maximum atomic E-state index is 13.0. The summed E-state index contributed by atoms with van der Waals surface area (Å²) >= 11 is 0. The summed E-state index contributed by atoms with van der Waals surface area (Å²) in [6.45, 7) is 0. The van der Waals surface area contributed by atoms with Crippen LogP contribution < -0.4 is 0 Å². The fourth-order valence-corrected chi connectivity index (χ4v) is 3.09. The molecule has 0 aliphatic heterocycles. The van der Waals surface area contributed by atoms with E-state index in [-0.39, 0.29) is 23.2 Å². The third kappa shape index (κ3) is 4.85. The van der Waals surface area contributed by atoms with Gasteiger partial charge in [-0.3, -0.25) is 9.59 Å². The molecule has 154 valence electrons. The topological polar surface area (TPSA) is 34.1 Å². The van der Waals surface area contributed by atoms with Gasteiger partial charge in [0, 0.05) is 33.4 Å². The molecule has 32 heavy (non-hydrogen) atoms. The summed E-state index contributed by atoms with van der Waals surface area (Å²) in [7, 11) is 0. The van der Waals surface area contributed by atoms with Gasteiger partial charge >= 0.3 is 0 Å². The van der Waals surface area contributed by atoms with Crippen LogP contribution in [0.1, 0.15) is 43.0 Å². The van der Waals surface area contributed by atoms with Crippen LogP contribution in [0, 0.1) is 23.5 Å². The zero-order valence-corrected chi connectivity index (χ0v) is 16.8. The molecule has 4 aromatic rings. The van der Waals surface area contributed by atoms with Gasteiger partial charge in [0.15, 0.2) is 11.6 Å². The van der Waals surface area contributed by atoms with Crippen molar-refractivity contribution in [3.8, 4) is 11.8 Å². The maximum Gasteiger partial charge on any atom is 0.193 e. The summed E-state index contributed by atoms with van der Waals surface area (Å²) in [5.74, 6) is 4.89. The fourth-order valence-electron chi connectivity index (χ4n) is 3.09. The van der Waals surface area contributed by atoms with Crippen molar-refractivity contribution in [3.05, 3.63) is 142 Å². The first kappa shape index (κ1) is 20.9. The number of ketones is 2. The molecular formula is C28H16F2O2. The van der Waals surface area contributed by atoms with Gasteiger partial charge in [-0.2, -0.15) is 0 Å². The molecule has 0 saturated heterocycles. The van der Waals surface area contributed by atoms with Gasteiger partial charge in [0.25, 0.3) is 0 Å². The number of rotatable bonds is 4. The van der Waals surface area contributed by atoms with Crippen LogP contribution in [0.2, 0.25) is 0 Å². The lowest BCUT2D eigenvalue weighted by Crippen LogP contribution is -2.01. The molecule has 0 aliphatic carbocycles. The van der Waals surface area contributed by atoms with E-state index in [1.807, 2.05) is 0 Å².